The van der Waals surface area contributed by atoms with Crippen molar-refractivity contribution in [3.8, 4) is 0 Å². The van der Waals surface area contributed by atoms with Gasteiger partial charge in [-0.05, 0) is 20.3 Å². The fraction of sp³-hybridized carbons (Fsp3) is 1.00. The summed E-state index contributed by atoms with van der Waals surface area (Å²) in [5.41, 5.74) is 0.141. The molecule has 1 atom stereocenters. The summed E-state index contributed by atoms with van der Waals surface area (Å²) in [4.78, 5) is 2.51. The highest BCUT2D eigenvalue weighted by atomic mass is 16.5. The minimum absolute atomic E-state index is 0.141. The number of nitrogens with one attached hydrogen (secondary N) is 1. The van der Waals surface area contributed by atoms with Gasteiger partial charge in [-0.3, -0.25) is 4.90 Å². The van der Waals surface area contributed by atoms with Gasteiger partial charge in [-0.1, -0.05) is 0 Å². The van der Waals surface area contributed by atoms with Crippen LogP contribution >= 0.6 is 0 Å². The smallest absolute Gasteiger partial charge is 0.0945 e. The molecule has 0 amide bonds. The van der Waals surface area contributed by atoms with Gasteiger partial charge >= 0.3 is 0 Å². The van der Waals surface area contributed by atoms with Gasteiger partial charge in [-0.2, -0.15) is 0 Å². The van der Waals surface area contributed by atoms with E-state index >= 15 is 0 Å². The van der Waals surface area contributed by atoms with Gasteiger partial charge in [0, 0.05) is 32.2 Å². The van der Waals surface area contributed by atoms with Gasteiger partial charge in [0.1, 0.15) is 0 Å². The fourth-order valence-corrected chi connectivity index (χ4v) is 2.29. The second-order valence-electron chi connectivity index (χ2n) is 4.52. The zero-order valence-electron chi connectivity index (χ0n) is 8.68. The number of ether oxygens (including phenoxy) is 1. The standard InChI is InChI=1S/C10H20N2O/c1-9(2)12-5-3-10(8-12)7-11-4-6-13-10/h9,11H,3-8H2,1-2H3/t10-/m1/s1. The van der Waals surface area contributed by atoms with Crippen LogP contribution in [0.2, 0.25) is 0 Å². The van der Waals surface area contributed by atoms with E-state index in [1.807, 2.05) is 0 Å². The van der Waals surface area contributed by atoms with Crippen LogP contribution in [0.1, 0.15) is 20.3 Å². The summed E-state index contributed by atoms with van der Waals surface area (Å²) in [5.74, 6) is 0. The first kappa shape index (κ1) is 9.44. The predicted molar refractivity (Wildman–Crippen MR) is 52.9 cm³/mol. The molecule has 3 heteroatoms. The quantitative estimate of drug-likeness (QED) is 0.641. The monoisotopic (exact) mass is 184 g/mol. The number of morpholine rings is 1. The molecule has 0 radical (unpaired) electrons. The Morgan fingerprint density at radius 1 is 1.46 bits per heavy atom. The Kier molecular flexibility index (Phi) is 2.58. The highest BCUT2D eigenvalue weighted by Crippen LogP contribution is 2.27. The first-order valence-electron chi connectivity index (χ1n) is 5.31. The van der Waals surface area contributed by atoms with E-state index in [-0.39, 0.29) is 5.60 Å². The third-order valence-corrected chi connectivity index (χ3v) is 3.21. The zero-order valence-corrected chi connectivity index (χ0v) is 8.68. The predicted octanol–water partition coefficient (Wildman–Crippen LogP) is 0.459. The van der Waals surface area contributed by atoms with Gasteiger partial charge in [0.25, 0.3) is 0 Å². The molecule has 2 rings (SSSR count). The lowest BCUT2D eigenvalue weighted by Gasteiger charge is -2.34. The van der Waals surface area contributed by atoms with Crippen molar-refractivity contribution >= 4 is 0 Å². The summed E-state index contributed by atoms with van der Waals surface area (Å²) in [6.45, 7) is 9.76. The summed E-state index contributed by atoms with van der Waals surface area (Å²) < 4.78 is 5.90. The van der Waals surface area contributed by atoms with E-state index < -0.39 is 0 Å². The second-order valence-corrected chi connectivity index (χ2v) is 4.52. The van der Waals surface area contributed by atoms with Crippen molar-refractivity contribution in [3.05, 3.63) is 0 Å². The average molecular weight is 184 g/mol. The summed E-state index contributed by atoms with van der Waals surface area (Å²) in [7, 11) is 0. The van der Waals surface area contributed by atoms with Crippen LogP contribution < -0.4 is 5.32 Å². The lowest BCUT2D eigenvalue weighted by Crippen LogP contribution is -2.51. The lowest BCUT2D eigenvalue weighted by molar-refractivity contribution is -0.0585. The van der Waals surface area contributed by atoms with E-state index in [1.165, 1.54) is 13.0 Å². The molecule has 2 saturated heterocycles. The third-order valence-electron chi connectivity index (χ3n) is 3.21. The molecule has 2 fully saturated rings. The molecule has 0 bridgehead atoms. The van der Waals surface area contributed by atoms with Crippen molar-refractivity contribution in [2.75, 3.05) is 32.8 Å². The lowest BCUT2D eigenvalue weighted by atomic mass is 10.0. The molecule has 1 N–H and O–H groups in total. The molecule has 0 aromatic rings. The van der Waals surface area contributed by atoms with E-state index in [0.29, 0.717) is 6.04 Å². The molecule has 13 heavy (non-hydrogen) atoms. The topological polar surface area (TPSA) is 24.5 Å². The van der Waals surface area contributed by atoms with Crippen LogP contribution in [0, 0.1) is 0 Å². The van der Waals surface area contributed by atoms with Gasteiger partial charge < -0.3 is 10.1 Å². The Labute approximate surface area is 80.4 Å². The van der Waals surface area contributed by atoms with E-state index in [0.717, 1.165) is 26.2 Å². The van der Waals surface area contributed by atoms with Crippen LogP contribution in [-0.4, -0.2) is 49.3 Å². The maximum Gasteiger partial charge on any atom is 0.0945 e. The molecular formula is C10H20N2O. The van der Waals surface area contributed by atoms with Crippen molar-refractivity contribution in [2.24, 2.45) is 0 Å². The first-order chi connectivity index (χ1) is 6.22. The maximum absolute atomic E-state index is 5.90. The molecular weight excluding hydrogens is 164 g/mol. The van der Waals surface area contributed by atoms with Gasteiger partial charge in [0.05, 0.1) is 12.2 Å². The highest BCUT2D eigenvalue weighted by molar-refractivity contribution is 4.96. The van der Waals surface area contributed by atoms with E-state index in [4.69, 9.17) is 4.74 Å². The van der Waals surface area contributed by atoms with Gasteiger partial charge in [-0.15, -0.1) is 0 Å². The largest absolute Gasteiger partial charge is 0.371 e. The fourth-order valence-electron chi connectivity index (χ4n) is 2.29. The number of rotatable bonds is 1. The number of nitrogens with zero attached hydrogens (tertiary/aromatic N) is 1. The number of likely N-dealkylation sites (tertiary alicyclic amines) is 1. The number of hydrogen-bond donors (Lipinski definition) is 1. The Morgan fingerprint density at radius 2 is 2.31 bits per heavy atom. The molecule has 2 aliphatic heterocycles. The van der Waals surface area contributed by atoms with Crippen molar-refractivity contribution in [1.29, 1.82) is 0 Å². The zero-order chi connectivity index (χ0) is 9.31. The average Bonchev–Trinajstić information content (AvgIpc) is 2.51. The van der Waals surface area contributed by atoms with Crippen molar-refractivity contribution in [1.82, 2.24) is 10.2 Å². The van der Waals surface area contributed by atoms with Crippen molar-refractivity contribution in [2.45, 2.75) is 31.9 Å². The van der Waals surface area contributed by atoms with Crippen LogP contribution in [0.15, 0.2) is 0 Å². The Bertz CT molecular complexity index is 176. The number of hydrogen-bond acceptors (Lipinski definition) is 3. The molecule has 1 spiro atoms. The second kappa shape index (κ2) is 3.56. The minimum Gasteiger partial charge on any atom is -0.371 e. The Morgan fingerprint density at radius 3 is 2.85 bits per heavy atom. The van der Waals surface area contributed by atoms with Crippen LogP contribution in [0.5, 0.6) is 0 Å². The van der Waals surface area contributed by atoms with Crippen LogP contribution in [0.3, 0.4) is 0 Å². The molecule has 0 aromatic heterocycles. The third kappa shape index (κ3) is 1.87. The summed E-state index contributed by atoms with van der Waals surface area (Å²) in [5, 5.41) is 3.43. The molecule has 0 aliphatic carbocycles. The van der Waals surface area contributed by atoms with Crippen molar-refractivity contribution < 1.29 is 4.74 Å². The molecule has 3 nitrogen and oxygen atoms in total. The van der Waals surface area contributed by atoms with Crippen LogP contribution in [0.4, 0.5) is 0 Å². The molecule has 2 aliphatic rings. The van der Waals surface area contributed by atoms with Crippen LogP contribution in [-0.2, 0) is 4.74 Å². The van der Waals surface area contributed by atoms with E-state index in [9.17, 15) is 0 Å². The van der Waals surface area contributed by atoms with E-state index in [1.54, 1.807) is 0 Å². The van der Waals surface area contributed by atoms with Gasteiger partial charge in [0.15, 0.2) is 0 Å². The maximum atomic E-state index is 5.90. The van der Waals surface area contributed by atoms with Crippen molar-refractivity contribution in [3.63, 3.8) is 0 Å². The summed E-state index contributed by atoms with van der Waals surface area (Å²) in [6, 6.07) is 0.657. The Balaban J connectivity index is 1.94. The summed E-state index contributed by atoms with van der Waals surface area (Å²) in [6.07, 6.45) is 1.19. The minimum atomic E-state index is 0.141. The van der Waals surface area contributed by atoms with Gasteiger partial charge in [-0.25, -0.2) is 0 Å². The van der Waals surface area contributed by atoms with Crippen LogP contribution in [0.25, 0.3) is 0 Å². The van der Waals surface area contributed by atoms with Gasteiger partial charge in [0.2, 0.25) is 0 Å². The molecule has 0 aromatic carbocycles. The normalized spacial score (nSPS) is 36.2. The molecule has 76 valence electrons. The highest BCUT2D eigenvalue weighted by Gasteiger charge is 2.40. The molecule has 0 unspecified atom stereocenters. The molecule has 2 heterocycles. The Hall–Kier alpha value is -0.120. The first-order valence-corrected chi connectivity index (χ1v) is 5.31. The molecule has 0 saturated carbocycles. The van der Waals surface area contributed by atoms with E-state index in [2.05, 4.69) is 24.1 Å². The summed E-state index contributed by atoms with van der Waals surface area (Å²) >= 11 is 0. The SMILES string of the molecule is CC(C)N1CC[C@@]2(CNCCO2)C1.